The lowest BCUT2D eigenvalue weighted by molar-refractivity contribution is -0.127. The second kappa shape index (κ2) is 15.2. The number of benzene rings is 3. The number of thioether (sulfide) groups is 1. The molecular formula is C30H24BrCl3N2O7S. The van der Waals surface area contributed by atoms with Crippen LogP contribution < -0.4 is 14.8 Å². The first kappa shape index (κ1) is 33.7. The summed E-state index contributed by atoms with van der Waals surface area (Å²) in [5, 5.41) is 2.97. The molecule has 0 radical (unpaired) electrons. The van der Waals surface area contributed by atoms with Crippen LogP contribution in [0.25, 0.3) is 6.08 Å². The quantitative estimate of drug-likeness (QED) is 0.155. The summed E-state index contributed by atoms with van der Waals surface area (Å²) in [6.07, 6.45) is 1.53. The molecule has 0 spiro atoms. The zero-order valence-electron chi connectivity index (χ0n) is 23.2. The summed E-state index contributed by atoms with van der Waals surface area (Å²) in [7, 11) is 0. The molecule has 1 aliphatic heterocycles. The second-order valence-corrected chi connectivity index (χ2v) is 12.1. The summed E-state index contributed by atoms with van der Waals surface area (Å²) < 4.78 is 17.3. The van der Waals surface area contributed by atoms with Gasteiger partial charge in [0, 0.05) is 5.69 Å². The number of hydrogen-bond acceptors (Lipinski definition) is 8. The van der Waals surface area contributed by atoms with Gasteiger partial charge in [0.05, 0.1) is 43.2 Å². The molecule has 4 rings (SSSR count). The van der Waals surface area contributed by atoms with Crippen LogP contribution in [0.15, 0.2) is 57.9 Å². The minimum absolute atomic E-state index is 0.0730. The van der Waals surface area contributed by atoms with Gasteiger partial charge < -0.3 is 19.5 Å². The molecule has 1 aliphatic rings. The number of carbonyl (C=O) groups is 4. The molecule has 3 aromatic rings. The lowest BCUT2D eigenvalue weighted by atomic mass is 10.1. The number of rotatable bonds is 11. The Hall–Kier alpha value is -3.22. The van der Waals surface area contributed by atoms with E-state index in [-0.39, 0.29) is 34.4 Å². The standard InChI is InChI=1S/C30H24BrCl3N2O7S/c1-3-41-24-11-17(9-20(31)27(24)43-15-16-5-7-22(33)23(34)10-16)12-25-28(38)36(30(40)44-25)14-26(37)35-18-6-8-21(32)19(13-18)29(39)42-4-2/h5-13H,3-4,14-15H2,1-2H3,(H,35,37)/b25-12+. The van der Waals surface area contributed by atoms with E-state index in [1.54, 1.807) is 37.3 Å². The van der Waals surface area contributed by atoms with Crippen molar-refractivity contribution >= 4 is 97.3 Å². The van der Waals surface area contributed by atoms with E-state index < -0.39 is 29.6 Å². The summed E-state index contributed by atoms with van der Waals surface area (Å²) in [5.74, 6) is -1.07. The molecule has 1 N–H and O–H groups in total. The van der Waals surface area contributed by atoms with E-state index in [2.05, 4.69) is 21.2 Å². The fourth-order valence-corrected chi connectivity index (χ4v) is 5.89. The Balaban J connectivity index is 1.47. The first-order chi connectivity index (χ1) is 21.0. The third-order valence-corrected chi connectivity index (χ3v) is 8.48. The van der Waals surface area contributed by atoms with Gasteiger partial charge in [-0.05, 0) is 101 Å². The Morgan fingerprint density at radius 2 is 1.70 bits per heavy atom. The van der Waals surface area contributed by atoms with Crippen LogP contribution in [0.2, 0.25) is 15.1 Å². The van der Waals surface area contributed by atoms with Gasteiger partial charge in [-0.2, -0.15) is 0 Å². The van der Waals surface area contributed by atoms with Crippen molar-refractivity contribution < 1.29 is 33.4 Å². The molecule has 0 aromatic heterocycles. The highest BCUT2D eigenvalue weighted by molar-refractivity contribution is 9.10. The monoisotopic (exact) mass is 740 g/mol. The van der Waals surface area contributed by atoms with E-state index in [0.29, 0.717) is 49.9 Å². The summed E-state index contributed by atoms with van der Waals surface area (Å²) in [5.41, 5.74) is 1.68. The van der Waals surface area contributed by atoms with Crippen LogP contribution in [0.3, 0.4) is 0 Å². The van der Waals surface area contributed by atoms with Crippen LogP contribution >= 0.6 is 62.5 Å². The maximum absolute atomic E-state index is 13.1. The van der Waals surface area contributed by atoms with Crippen molar-refractivity contribution in [1.29, 1.82) is 0 Å². The van der Waals surface area contributed by atoms with Crippen molar-refractivity contribution in [3.8, 4) is 11.5 Å². The zero-order valence-corrected chi connectivity index (χ0v) is 27.9. The first-order valence-corrected chi connectivity index (χ1v) is 15.8. The van der Waals surface area contributed by atoms with Crippen LogP contribution in [-0.2, 0) is 20.9 Å². The van der Waals surface area contributed by atoms with E-state index in [1.165, 1.54) is 24.3 Å². The van der Waals surface area contributed by atoms with Crippen LogP contribution in [0.5, 0.6) is 11.5 Å². The zero-order chi connectivity index (χ0) is 32.0. The van der Waals surface area contributed by atoms with Gasteiger partial charge in [0.2, 0.25) is 5.91 Å². The summed E-state index contributed by atoms with van der Waals surface area (Å²) >= 11 is 22.4. The SMILES string of the molecule is CCOC(=O)c1cc(NC(=O)CN2C(=O)S/C(=C/c3cc(Br)c(OCc4ccc(Cl)c(Cl)c4)c(OCC)c3)C2=O)ccc1Cl. The average Bonchev–Trinajstić information content (AvgIpc) is 3.22. The second-order valence-electron chi connectivity index (χ2n) is 9.03. The topological polar surface area (TPSA) is 111 Å². The number of ether oxygens (including phenoxy) is 3. The van der Waals surface area contributed by atoms with Gasteiger partial charge in [0.15, 0.2) is 11.5 Å². The van der Waals surface area contributed by atoms with Gasteiger partial charge in [0.25, 0.3) is 11.1 Å². The summed E-state index contributed by atoms with van der Waals surface area (Å²) in [6.45, 7) is 3.63. The number of imide groups is 1. The van der Waals surface area contributed by atoms with Crippen molar-refractivity contribution in [2.24, 2.45) is 0 Å². The lowest BCUT2D eigenvalue weighted by Gasteiger charge is -2.15. The number of amides is 3. The predicted molar refractivity (Wildman–Crippen MR) is 175 cm³/mol. The number of esters is 1. The number of anilines is 1. The van der Waals surface area contributed by atoms with E-state index in [9.17, 15) is 19.2 Å². The Kier molecular flexibility index (Phi) is 11.6. The van der Waals surface area contributed by atoms with Gasteiger partial charge in [0.1, 0.15) is 13.2 Å². The molecule has 3 aromatic carbocycles. The fraction of sp³-hybridized carbons (Fsp3) is 0.200. The van der Waals surface area contributed by atoms with Gasteiger partial charge in [-0.3, -0.25) is 19.3 Å². The maximum Gasteiger partial charge on any atom is 0.339 e. The highest BCUT2D eigenvalue weighted by atomic mass is 79.9. The smallest absolute Gasteiger partial charge is 0.339 e. The number of carbonyl (C=O) groups excluding carboxylic acids is 4. The van der Waals surface area contributed by atoms with Crippen molar-refractivity contribution in [3.63, 3.8) is 0 Å². The molecule has 14 heteroatoms. The van der Waals surface area contributed by atoms with Crippen LogP contribution in [-0.4, -0.2) is 47.7 Å². The van der Waals surface area contributed by atoms with E-state index in [1.807, 2.05) is 6.92 Å². The van der Waals surface area contributed by atoms with Gasteiger partial charge in [-0.1, -0.05) is 40.9 Å². The highest BCUT2D eigenvalue weighted by Crippen LogP contribution is 2.40. The van der Waals surface area contributed by atoms with E-state index >= 15 is 0 Å². The Labute approximate surface area is 280 Å². The molecule has 0 saturated carbocycles. The van der Waals surface area contributed by atoms with E-state index in [4.69, 9.17) is 49.0 Å². The summed E-state index contributed by atoms with van der Waals surface area (Å²) in [6, 6.07) is 12.9. The molecule has 44 heavy (non-hydrogen) atoms. The molecule has 0 bridgehead atoms. The first-order valence-electron chi connectivity index (χ1n) is 13.1. The normalized spacial score (nSPS) is 13.8. The molecule has 230 valence electrons. The van der Waals surface area contributed by atoms with Gasteiger partial charge in [-0.25, -0.2) is 4.79 Å². The number of halogens is 4. The molecule has 9 nitrogen and oxygen atoms in total. The number of hydrogen-bond donors (Lipinski definition) is 1. The molecule has 0 atom stereocenters. The number of nitrogens with one attached hydrogen (secondary N) is 1. The van der Waals surface area contributed by atoms with Crippen LogP contribution in [0.4, 0.5) is 10.5 Å². The van der Waals surface area contributed by atoms with Crippen LogP contribution in [0.1, 0.15) is 35.3 Å². The molecule has 1 fully saturated rings. The highest BCUT2D eigenvalue weighted by Gasteiger charge is 2.36. The molecule has 3 amide bonds. The minimum atomic E-state index is -0.644. The van der Waals surface area contributed by atoms with Gasteiger partial charge in [-0.15, -0.1) is 0 Å². The molecule has 0 aliphatic carbocycles. The van der Waals surface area contributed by atoms with Crippen molar-refractivity contribution in [2.75, 3.05) is 25.1 Å². The van der Waals surface area contributed by atoms with E-state index in [0.717, 1.165) is 10.5 Å². The molecule has 1 heterocycles. The maximum atomic E-state index is 13.1. The Morgan fingerprint density at radius 1 is 0.955 bits per heavy atom. The predicted octanol–water partition coefficient (Wildman–Crippen LogP) is 8.24. The molecule has 0 unspecified atom stereocenters. The lowest BCUT2D eigenvalue weighted by Crippen LogP contribution is -2.36. The van der Waals surface area contributed by atoms with Gasteiger partial charge >= 0.3 is 5.97 Å². The van der Waals surface area contributed by atoms with Crippen LogP contribution in [0, 0.1) is 0 Å². The molecular weight excluding hydrogens is 719 g/mol. The third-order valence-electron chi connectivity index (χ3n) is 5.92. The number of nitrogens with zero attached hydrogens (tertiary/aromatic N) is 1. The minimum Gasteiger partial charge on any atom is -0.490 e. The fourth-order valence-electron chi connectivity index (χ4n) is 3.96. The Morgan fingerprint density at radius 3 is 2.41 bits per heavy atom. The Bertz CT molecular complexity index is 1670. The van der Waals surface area contributed by atoms with Crippen molar-refractivity contribution in [3.05, 3.63) is 89.7 Å². The third kappa shape index (κ3) is 8.28. The largest absolute Gasteiger partial charge is 0.490 e. The van der Waals surface area contributed by atoms with Crippen molar-refractivity contribution in [2.45, 2.75) is 20.5 Å². The summed E-state index contributed by atoms with van der Waals surface area (Å²) in [4.78, 5) is 51.6. The molecule has 1 saturated heterocycles. The average molecular weight is 743 g/mol. The van der Waals surface area contributed by atoms with Crippen molar-refractivity contribution in [1.82, 2.24) is 4.90 Å².